The van der Waals surface area contributed by atoms with Gasteiger partial charge in [-0.25, -0.2) is 4.39 Å². The zero-order valence-electron chi connectivity index (χ0n) is 12.4. The fraction of sp³-hybridized carbons (Fsp3) is 0.368. The fourth-order valence-electron chi connectivity index (χ4n) is 3.68. The summed E-state index contributed by atoms with van der Waals surface area (Å²) in [6, 6.07) is 15.7. The maximum Gasteiger partial charge on any atom is 0.123 e. The van der Waals surface area contributed by atoms with Crippen LogP contribution in [-0.4, -0.2) is 6.04 Å². The molecule has 0 bridgehead atoms. The quantitative estimate of drug-likeness (QED) is 0.888. The zero-order valence-corrected chi connectivity index (χ0v) is 12.4. The van der Waals surface area contributed by atoms with Crippen molar-refractivity contribution in [2.75, 3.05) is 0 Å². The molecule has 0 aromatic heterocycles. The van der Waals surface area contributed by atoms with Crippen LogP contribution in [0, 0.1) is 18.7 Å². The molecule has 0 amide bonds. The Morgan fingerprint density at radius 3 is 2.38 bits per heavy atom. The predicted octanol–water partition coefficient (Wildman–Crippen LogP) is 4.39. The highest BCUT2D eigenvalue weighted by Gasteiger charge is 2.33. The molecular formula is C19H22FN. The molecule has 0 saturated heterocycles. The van der Waals surface area contributed by atoms with Gasteiger partial charge in [-0.15, -0.1) is 0 Å². The molecule has 1 aliphatic carbocycles. The molecule has 1 saturated carbocycles. The van der Waals surface area contributed by atoms with E-state index in [0.717, 1.165) is 18.4 Å². The second-order valence-electron chi connectivity index (χ2n) is 6.21. The third-order valence-corrected chi connectivity index (χ3v) is 4.66. The number of hydrogen-bond acceptors (Lipinski definition) is 1. The highest BCUT2D eigenvalue weighted by molar-refractivity contribution is 5.36. The summed E-state index contributed by atoms with van der Waals surface area (Å²) in [7, 11) is 0. The standard InChI is InChI=1S/C19H22FN/c1-13-5-2-6-14(11-13)19(17-9-4-10-18(17)21)15-7-3-8-16(20)12-15/h2-3,5-8,11-12,17-19H,4,9-10,21H2,1H3/t17?,18-,19+/m0/s1. The number of rotatable bonds is 3. The van der Waals surface area contributed by atoms with Gasteiger partial charge in [0, 0.05) is 12.0 Å². The van der Waals surface area contributed by atoms with Crippen LogP contribution in [0.3, 0.4) is 0 Å². The molecule has 0 spiro atoms. The summed E-state index contributed by atoms with van der Waals surface area (Å²) in [5.74, 6) is 0.420. The maximum atomic E-state index is 13.7. The minimum atomic E-state index is -0.170. The van der Waals surface area contributed by atoms with E-state index >= 15 is 0 Å². The van der Waals surface area contributed by atoms with Crippen molar-refractivity contribution in [3.63, 3.8) is 0 Å². The molecule has 0 heterocycles. The van der Waals surface area contributed by atoms with Gasteiger partial charge >= 0.3 is 0 Å². The molecule has 1 aliphatic rings. The Kier molecular flexibility index (Phi) is 4.07. The van der Waals surface area contributed by atoms with Gasteiger partial charge in [-0.1, -0.05) is 48.4 Å². The topological polar surface area (TPSA) is 26.0 Å². The predicted molar refractivity (Wildman–Crippen MR) is 84.7 cm³/mol. The molecule has 3 atom stereocenters. The lowest BCUT2D eigenvalue weighted by molar-refractivity contribution is 0.428. The Morgan fingerprint density at radius 2 is 1.76 bits per heavy atom. The van der Waals surface area contributed by atoms with Crippen molar-refractivity contribution in [2.24, 2.45) is 11.7 Å². The second kappa shape index (κ2) is 5.98. The van der Waals surface area contributed by atoms with E-state index in [4.69, 9.17) is 5.73 Å². The van der Waals surface area contributed by atoms with Gasteiger partial charge in [0.15, 0.2) is 0 Å². The lowest BCUT2D eigenvalue weighted by Crippen LogP contribution is -2.30. The monoisotopic (exact) mass is 283 g/mol. The van der Waals surface area contributed by atoms with Crippen LogP contribution in [0.2, 0.25) is 0 Å². The highest BCUT2D eigenvalue weighted by atomic mass is 19.1. The van der Waals surface area contributed by atoms with Crippen LogP contribution in [0.15, 0.2) is 48.5 Å². The van der Waals surface area contributed by atoms with Crippen molar-refractivity contribution < 1.29 is 4.39 Å². The van der Waals surface area contributed by atoms with Gasteiger partial charge in [0.2, 0.25) is 0 Å². The normalized spacial score (nSPS) is 23.2. The third-order valence-electron chi connectivity index (χ3n) is 4.66. The van der Waals surface area contributed by atoms with Crippen LogP contribution in [0.4, 0.5) is 4.39 Å². The first-order chi connectivity index (χ1) is 10.1. The molecule has 0 aliphatic heterocycles. The first-order valence-electron chi connectivity index (χ1n) is 7.73. The molecule has 2 heteroatoms. The fourth-order valence-corrected chi connectivity index (χ4v) is 3.68. The van der Waals surface area contributed by atoms with E-state index in [9.17, 15) is 4.39 Å². The van der Waals surface area contributed by atoms with Crippen molar-refractivity contribution in [2.45, 2.75) is 38.1 Å². The van der Waals surface area contributed by atoms with E-state index in [1.165, 1.54) is 23.6 Å². The SMILES string of the molecule is Cc1cccc([C@H](c2cccc(F)c2)C2CCC[C@@H]2N)c1. The van der Waals surface area contributed by atoms with Crippen molar-refractivity contribution in [1.82, 2.24) is 0 Å². The number of aryl methyl sites for hydroxylation is 1. The molecule has 0 radical (unpaired) electrons. The van der Waals surface area contributed by atoms with E-state index < -0.39 is 0 Å². The minimum absolute atomic E-state index is 0.170. The van der Waals surface area contributed by atoms with Gasteiger partial charge in [-0.3, -0.25) is 0 Å². The minimum Gasteiger partial charge on any atom is -0.327 e. The Hall–Kier alpha value is -1.67. The second-order valence-corrected chi connectivity index (χ2v) is 6.21. The van der Waals surface area contributed by atoms with Gasteiger partial charge in [0.1, 0.15) is 5.82 Å². The van der Waals surface area contributed by atoms with Gasteiger partial charge < -0.3 is 5.73 Å². The Morgan fingerprint density at radius 1 is 1.05 bits per heavy atom. The summed E-state index contributed by atoms with van der Waals surface area (Å²) >= 11 is 0. The molecule has 3 rings (SSSR count). The molecule has 1 fully saturated rings. The molecule has 2 N–H and O–H groups in total. The van der Waals surface area contributed by atoms with Gasteiger partial charge in [0.05, 0.1) is 0 Å². The van der Waals surface area contributed by atoms with E-state index in [2.05, 4.69) is 31.2 Å². The van der Waals surface area contributed by atoms with Crippen LogP contribution in [-0.2, 0) is 0 Å². The Bertz CT molecular complexity index is 577. The summed E-state index contributed by atoms with van der Waals surface area (Å²) in [5, 5.41) is 0. The maximum absolute atomic E-state index is 13.7. The average Bonchev–Trinajstić information content (AvgIpc) is 2.86. The molecule has 110 valence electrons. The smallest absolute Gasteiger partial charge is 0.123 e. The molecule has 1 unspecified atom stereocenters. The van der Waals surface area contributed by atoms with Crippen LogP contribution in [0.5, 0.6) is 0 Å². The molecule has 2 aromatic rings. The van der Waals surface area contributed by atoms with Crippen LogP contribution in [0.25, 0.3) is 0 Å². The summed E-state index contributed by atoms with van der Waals surface area (Å²) in [6.45, 7) is 2.10. The molecule has 21 heavy (non-hydrogen) atoms. The number of nitrogens with two attached hydrogens (primary N) is 1. The zero-order chi connectivity index (χ0) is 14.8. The van der Waals surface area contributed by atoms with Crippen LogP contribution >= 0.6 is 0 Å². The van der Waals surface area contributed by atoms with Crippen LogP contribution in [0.1, 0.15) is 41.9 Å². The van der Waals surface area contributed by atoms with E-state index in [0.29, 0.717) is 5.92 Å². The first-order valence-corrected chi connectivity index (χ1v) is 7.73. The lowest BCUT2D eigenvalue weighted by Gasteiger charge is -2.28. The number of halogens is 1. The van der Waals surface area contributed by atoms with Crippen molar-refractivity contribution in [3.05, 3.63) is 71.0 Å². The lowest BCUT2D eigenvalue weighted by atomic mass is 9.78. The van der Waals surface area contributed by atoms with E-state index in [1.807, 2.05) is 6.07 Å². The largest absolute Gasteiger partial charge is 0.327 e. The molecule has 1 nitrogen and oxygen atoms in total. The Balaban J connectivity index is 2.06. The summed E-state index contributed by atoms with van der Waals surface area (Å²) in [6.07, 6.45) is 3.36. The molecular weight excluding hydrogens is 261 g/mol. The van der Waals surface area contributed by atoms with Crippen molar-refractivity contribution in [1.29, 1.82) is 0 Å². The molecule has 2 aromatic carbocycles. The highest BCUT2D eigenvalue weighted by Crippen LogP contribution is 2.41. The van der Waals surface area contributed by atoms with Gasteiger partial charge in [0.25, 0.3) is 0 Å². The van der Waals surface area contributed by atoms with Crippen molar-refractivity contribution >= 4 is 0 Å². The van der Waals surface area contributed by atoms with E-state index in [1.54, 1.807) is 12.1 Å². The number of benzene rings is 2. The van der Waals surface area contributed by atoms with E-state index in [-0.39, 0.29) is 17.8 Å². The summed E-state index contributed by atoms with van der Waals surface area (Å²) in [5.41, 5.74) is 9.87. The Labute approximate surface area is 126 Å². The summed E-state index contributed by atoms with van der Waals surface area (Å²) < 4.78 is 13.7. The third kappa shape index (κ3) is 3.01. The van der Waals surface area contributed by atoms with Crippen molar-refractivity contribution in [3.8, 4) is 0 Å². The average molecular weight is 283 g/mol. The number of hydrogen-bond donors (Lipinski definition) is 1. The first kappa shape index (κ1) is 14.3. The van der Waals surface area contributed by atoms with Gasteiger partial charge in [-0.2, -0.15) is 0 Å². The summed E-state index contributed by atoms with van der Waals surface area (Å²) in [4.78, 5) is 0. The van der Waals surface area contributed by atoms with Gasteiger partial charge in [-0.05, 0) is 48.9 Å². The van der Waals surface area contributed by atoms with Crippen LogP contribution < -0.4 is 5.73 Å².